The van der Waals surface area contributed by atoms with Gasteiger partial charge in [0.2, 0.25) is 11.8 Å². The third-order valence-corrected chi connectivity index (χ3v) is 9.27. The highest BCUT2D eigenvalue weighted by Gasteiger charge is 2.26. The number of unbranched alkanes of at least 4 members (excludes halogenated alkanes) is 11. The predicted octanol–water partition coefficient (Wildman–Crippen LogP) is 7.96. The van der Waals surface area contributed by atoms with Crippen LogP contribution in [0.4, 0.5) is 0 Å². The summed E-state index contributed by atoms with van der Waals surface area (Å²) in [5.74, 6) is -3.61. The SMILES string of the molecule is CCCCCCCc1cccc(O)c1C(=O)NNC(=O)C(C)CC(CCCCCC)C(=O)NNC(=O)c1c(O)cccc1CCCCCCC. The first-order valence-electron chi connectivity index (χ1n) is 19.0. The third-order valence-electron chi connectivity index (χ3n) is 9.27. The molecule has 10 nitrogen and oxygen atoms in total. The number of hydrazine groups is 2. The summed E-state index contributed by atoms with van der Waals surface area (Å²) in [6.07, 6.45) is 16.4. The number of hydrogen-bond donors (Lipinski definition) is 6. The number of rotatable bonds is 23. The van der Waals surface area contributed by atoms with Crippen LogP contribution in [-0.4, -0.2) is 33.8 Å². The minimum absolute atomic E-state index is 0.143. The smallest absolute Gasteiger partial charge is 0.273 e. The Bertz CT molecular complexity index is 1350. The highest BCUT2D eigenvalue weighted by Crippen LogP contribution is 2.25. The molecule has 0 aliphatic heterocycles. The molecule has 2 aromatic rings. The summed E-state index contributed by atoms with van der Waals surface area (Å²) in [7, 11) is 0. The maximum Gasteiger partial charge on any atom is 0.273 e. The summed E-state index contributed by atoms with van der Waals surface area (Å²) in [4.78, 5) is 52.8. The van der Waals surface area contributed by atoms with Crippen LogP contribution in [0.5, 0.6) is 11.5 Å². The average molecular weight is 695 g/mol. The standard InChI is InChI=1S/C40H62N4O6/c1-5-8-11-14-17-21-30-24-19-26-33(45)35(30)39(49)43-41-37(47)29(4)28-32(23-16-13-10-7-3)38(48)42-44-40(50)36-31(25-20-27-34(36)46)22-18-15-12-9-6-2/h19-20,24-27,29,32,45-46H,5-18,21-23,28H2,1-4H3,(H,41,47)(H,42,48)(H,43,49)(H,44,50). The van der Waals surface area contributed by atoms with Crippen molar-refractivity contribution in [3.63, 3.8) is 0 Å². The molecular weight excluding hydrogens is 632 g/mol. The van der Waals surface area contributed by atoms with Crippen molar-refractivity contribution in [2.24, 2.45) is 11.8 Å². The molecule has 0 bridgehead atoms. The fourth-order valence-electron chi connectivity index (χ4n) is 6.25. The van der Waals surface area contributed by atoms with Crippen molar-refractivity contribution in [1.29, 1.82) is 0 Å². The molecule has 0 radical (unpaired) electrons. The highest BCUT2D eigenvalue weighted by molar-refractivity contribution is 6.00. The molecule has 0 fully saturated rings. The Morgan fingerprint density at radius 1 is 0.560 bits per heavy atom. The molecule has 2 aromatic carbocycles. The maximum absolute atomic E-state index is 13.4. The monoisotopic (exact) mass is 694 g/mol. The number of hydrogen-bond acceptors (Lipinski definition) is 6. The molecule has 4 amide bonds. The lowest BCUT2D eigenvalue weighted by atomic mass is 9.90. The van der Waals surface area contributed by atoms with Crippen LogP contribution in [0.15, 0.2) is 36.4 Å². The Morgan fingerprint density at radius 3 is 1.44 bits per heavy atom. The van der Waals surface area contributed by atoms with E-state index in [0.717, 1.165) is 101 Å². The fourth-order valence-corrected chi connectivity index (χ4v) is 6.25. The van der Waals surface area contributed by atoms with Crippen LogP contribution in [-0.2, 0) is 22.4 Å². The van der Waals surface area contributed by atoms with Gasteiger partial charge in [-0.1, -0.05) is 129 Å². The number of benzene rings is 2. The highest BCUT2D eigenvalue weighted by atomic mass is 16.3. The normalized spacial score (nSPS) is 12.2. The van der Waals surface area contributed by atoms with Crippen LogP contribution >= 0.6 is 0 Å². The van der Waals surface area contributed by atoms with E-state index in [-0.39, 0.29) is 29.0 Å². The van der Waals surface area contributed by atoms with Gasteiger partial charge in [-0.15, -0.1) is 0 Å². The summed E-state index contributed by atoms with van der Waals surface area (Å²) in [5.41, 5.74) is 11.7. The lowest BCUT2D eigenvalue weighted by Crippen LogP contribution is -2.47. The molecule has 278 valence electrons. The molecule has 2 unspecified atom stereocenters. The average Bonchev–Trinajstić information content (AvgIpc) is 3.10. The fraction of sp³-hybridized carbons (Fsp3) is 0.600. The number of aryl methyl sites for hydroxylation is 2. The molecular formula is C40H62N4O6. The predicted molar refractivity (Wildman–Crippen MR) is 198 cm³/mol. The molecule has 6 N–H and O–H groups in total. The molecule has 2 rings (SSSR count). The quantitative estimate of drug-likeness (QED) is 0.0512. The van der Waals surface area contributed by atoms with Crippen molar-refractivity contribution < 1.29 is 29.4 Å². The lowest BCUT2D eigenvalue weighted by Gasteiger charge is -2.21. The van der Waals surface area contributed by atoms with Crippen molar-refractivity contribution in [3.05, 3.63) is 58.7 Å². The number of nitrogens with one attached hydrogen (secondary N) is 4. The second kappa shape index (κ2) is 24.1. The van der Waals surface area contributed by atoms with Gasteiger partial charge in [-0.2, -0.15) is 0 Å². The molecule has 2 atom stereocenters. The van der Waals surface area contributed by atoms with Crippen molar-refractivity contribution in [2.45, 2.75) is 143 Å². The van der Waals surface area contributed by atoms with Gasteiger partial charge in [-0.25, -0.2) is 0 Å². The van der Waals surface area contributed by atoms with Gasteiger partial charge in [-0.3, -0.25) is 40.9 Å². The van der Waals surface area contributed by atoms with Gasteiger partial charge in [0.15, 0.2) is 0 Å². The summed E-state index contributed by atoms with van der Waals surface area (Å²) in [6.45, 7) is 8.09. The van der Waals surface area contributed by atoms with Crippen LogP contribution in [0.25, 0.3) is 0 Å². The van der Waals surface area contributed by atoms with Crippen LogP contribution in [0, 0.1) is 11.8 Å². The van der Waals surface area contributed by atoms with Gasteiger partial charge in [0.1, 0.15) is 11.5 Å². The molecule has 0 aliphatic carbocycles. The van der Waals surface area contributed by atoms with Crippen LogP contribution < -0.4 is 21.7 Å². The van der Waals surface area contributed by atoms with E-state index in [1.54, 1.807) is 19.1 Å². The molecule has 0 saturated carbocycles. The Morgan fingerprint density at radius 2 is 0.980 bits per heavy atom. The van der Waals surface area contributed by atoms with Gasteiger partial charge in [-0.05, 0) is 61.8 Å². The van der Waals surface area contributed by atoms with E-state index in [9.17, 15) is 29.4 Å². The van der Waals surface area contributed by atoms with Gasteiger partial charge < -0.3 is 10.2 Å². The van der Waals surface area contributed by atoms with E-state index in [1.165, 1.54) is 12.1 Å². The topological polar surface area (TPSA) is 157 Å². The molecule has 50 heavy (non-hydrogen) atoms. The first-order chi connectivity index (χ1) is 24.1. The number of phenols is 2. The molecule has 0 spiro atoms. The molecule has 0 heterocycles. The van der Waals surface area contributed by atoms with Crippen LogP contribution in [0.3, 0.4) is 0 Å². The van der Waals surface area contributed by atoms with Gasteiger partial charge in [0.25, 0.3) is 11.8 Å². The number of carbonyl (C=O) groups is 4. The Labute approximate surface area is 299 Å². The summed E-state index contributed by atoms with van der Waals surface area (Å²) >= 11 is 0. The largest absolute Gasteiger partial charge is 0.507 e. The van der Waals surface area contributed by atoms with Crippen molar-refractivity contribution in [3.8, 4) is 11.5 Å². The molecule has 0 aliphatic rings. The zero-order valence-corrected chi connectivity index (χ0v) is 30.9. The van der Waals surface area contributed by atoms with E-state index in [4.69, 9.17) is 0 Å². The Hall–Kier alpha value is -4.08. The van der Waals surface area contributed by atoms with Crippen LogP contribution in [0.2, 0.25) is 0 Å². The number of aromatic hydroxyl groups is 2. The second-order valence-electron chi connectivity index (χ2n) is 13.5. The molecule has 0 aromatic heterocycles. The molecule has 0 saturated heterocycles. The summed E-state index contributed by atoms with van der Waals surface area (Å²) < 4.78 is 0. The zero-order valence-electron chi connectivity index (χ0n) is 30.9. The second-order valence-corrected chi connectivity index (χ2v) is 13.5. The van der Waals surface area contributed by atoms with Crippen molar-refractivity contribution in [2.75, 3.05) is 0 Å². The first-order valence-corrected chi connectivity index (χ1v) is 19.0. The van der Waals surface area contributed by atoms with Gasteiger partial charge >= 0.3 is 0 Å². The third kappa shape index (κ3) is 14.8. The van der Waals surface area contributed by atoms with Crippen LogP contribution in [0.1, 0.15) is 162 Å². The Kier molecular flexibility index (Phi) is 20.3. The van der Waals surface area contributed by atoms with E-state index in [2.05, 4.69) is 42.5 Å². The van der Waals surface area contributed by atoms with Gasteiger partial charge in [0, 0.05) is 11.8 Å². The van der Waals surface area contributed by atoms with Crippen molar-refractivity contribution in [1.82, 2.24) is 21.7 Å². The number of carbonyl (C=O) groups excluding carboxylic acids is 4. The Balaban J connectivity index is 2.02. The summed E-state index contributed by atoms with van der Waals surface area (Å²) in [6, 6.07) is 9.97. The van der Waals surface area contributed by atoms with Gasteiger partial charge in [0.05, 0.1) is 11.1 Å². The zero-order chi connectivity index (χ0) is 36.7. The maximum atomic E-state index is 13.4. The minimum atomic E-state index is -0.646. The summed E-state index contributed by atoms with van der Waals surface area (Å²) in [5, 5.41) is 21.0. The van der Waals surface area contributed by atoms with Crippen molar-refractivity contribution >= 4 is 23.6 Å². The van der Waals surface area contributed by atoms with E-state index >= 15 is 0 Å². The molecule has 10 heteroatoms. The van der Waals surface area contributed by atoms with E-state index < -0.39 is 35.5 Å². The lowest BCUT2D eigenvalue weighted by molar-refractivity contribution is -0.129. The number of amides is 4. The van der Waals surface area contributed by atoms with E-state index in [1.807, 2.05) is 12.1 Å². The minimum Gasteiger partial charge on any atom is -0.507 e. The van der Waals surface area contributed by atoms with E-state index in [0.29, 0.717) is 19.3 Å². The first kappa shape index (κ1) is 42.1. The number of phenolic OH excluding ortho intramolecular Hbond substituents is 2.